The van der Waals surface area contributed by atoms with E-state index in [0.717, 1.165) is 25.7 Å². The SMILES string of the molecule is CCCCCCCC/C=C\CCCCCCC(CC)(CCCO)C(=O)O. The number of hydrogen-bond acceptors (Lipinski definition) is 2. The van der Waals surface area contributed by atoms with E-state index in [9.17, 15) is 9.90 Å². The molecule has 3 heteroatoms. The Morgan fingerprint density at radius 3 is 1.77 bits per heavy atom. The van der Waals surface area contributed by atoms with Crippen molar-refractivity contribution < 1.29 is 15.0 Å². The quantitative estimate of drug-likeness (QED) is 0.193. The Hall–Kier alpha value is -0.830. The molecular formula is C23H44O3. The predicted octanol–water partition coefficient (Wildman–Crippen LogP) is 6.89. The second-order valence-corrected chi connectivity index (χ2v) is 7.75. The average Bonchev–Trinajstić information content (AvgIpc) is 2.64. The van der Waals surface area contributed by atoms with Crippen LogP contribution in [0.25, 0.3) is 0 Å². The number of aliphatic carboxylic acids is 1. The maximum absolute atomic E-state index is 11.6. The minimum absolute atomic E-state index is 0.0834. The highest BCUT2D eigenvalue weighted by Gasteiger charge is 2.35. The second kappa shape index (κ2) is 17.6. The zero-order valence-electron chi connectivity index (χ0n) is 17.5. The van der Waals surface area contributed by atoms with Gasteiger partial charge in [0, 0.05) is 6.61 Å². The topological polar surface area (TPSA) is 57.5 Å². The third-order valence-electron chi connectivity index (χ3n) is 5.61. The molecule has 0 amide bonds. The molecule has 0 aliphatic heterocycles. The lowest BCUT2D eigenvalue weighted by Gasteiger charge is -2.28. The number of carboxylic acid groups (broad SMARTS) is 1. The van der Waals surface area contributed by atoms with Gasteiger partial charge >= 0.3 is 5.97 Å². The number of carbonyl (C=O) groups is 1. The Morgan fingerprint density at radius 1 is 0.769 bits per heavy atom. The van der Waals surface area contributed by atoms with Crippen LogP contribution in [0.4, 0.5) is 0 Å². The van der Waals surface area contributed by atoms with Crippen LogP contribution in [-0.4, -0.2) is 22.8 Å². The van der Waals surface area contributed by atoms with Gasteiger partial charge in [-0.15, -0.1) is 0 Å². The first-order chi connectivity index (χ1) is 12.6. The third-order valence-corrected chi connectivity index (χ3v) is 5.61. The van der Waals surface area contributed by atoms with Crippen molar-refractivity contribution in [3.8, 4) is 0 Å². The summed E-state index contributed by atoms with van der Waals surface area (Å²) in [7, 11) is 0. The van der Waals surface area contributed by atoms with Crippen molar-refractivity contribution in [2.45, 2.75) is 117 Å². The first kappa shape index (κ1) is 25.2. The molecule has 0 heterocycles. The van der Waals surface area contributed by atoms with E-state index in [1.165, 1.54) is 57.8 Å². The van der Waals surface area contributed by atoms with Crippen LogP contribution in [0.15, 0.2) is 12.2 Å². The largest absolute Gasteiger partial charge is 0.481 e. The van der Waals surface area contributed by atoms with Crippen LogP contribution in [-0.2, 0) is 4.79 Å². The molecule has 0 spiro atoms. The smallest absolute Gasteiger partial charge is 0.309 e. The molecule has 26 heavy (non-hydrogen) atoms. The molecule has 1 unspecified atom stereocenters. The van der Waals surface area contributed by atoms with Gasteiger partial charge in [0.2, 0.25) is 0 Å². The molecule has 154 valence electrons. The average molecular weight is 369 g/mol. The summed E-state index contributed by atoms with van der Waals surface area (Å²) < 4.78 is 0. The van der Waals surface area contributed by atoms with Gasteiger partial charge in [-0.05, 0) is 51.4 Å². The lowest BCUT2D eigenvalue weighted by atomic mass is 9.76. The van der Waals surface area contributed by atoms with Crippen molar-refractivity contribution in [2.75, 3.05) is 6.61 Å². The molecule has 0 aromatic heterocycles. The van der Waals surface area contributed by atoms with Crippen molar-refractivity contribution >= 4 is 5.97 Å². The van der Waals surface area contributed by atoms with Crippen molar-refractivity contribution in [3.05, 3.63) is 12.2 Å². The van der Waals surface area contributed by atoms with Gasteiger partial charge in [0.15, 0.2) is 0 Å². The Bertz CT molecular complexity index is 351. The Morgan fingerprint density at radius 2 is 1.27 bits per heavy atom. The molecule has 0 radical (unpaired) electrons. The fraction of sp³-hybridized carbons (Fsp3) is 0.870. The van der Waals surface area contributed by atoms with E-state index >= 15 is 0 Å². The first-order valence-electron chi connectivity index (χ1n) is 11.1. The minimum Gasteiger partial charge on any atom is -0.481 e. The fourth-order valence-corrected chi connectivity index (χ4v) is 3.62. The van der Waals surface area contributed by atoms with Gasteiger partial charge in [0.1, 0.15) is 0 Å². The summed E-state index contributed by atoms with van der Waals surface area (Å²) in [5, 5.41) is 18.6. The van der Waals surface area contributed by atoms with E-state index in [1.807, 2.05) is 6.92 Å². The standard InChI is InChI=1S/C23H44O3/c1-3-5-6-7-8-9-10-11-12-13-14-15-16-17-19-23(4-2,22(25)26)20-18-21-24/h11-12,24H,3-10,13-21H2,1-2H3,(H,25,26)/b12-11-. The summed E-state index contributed by atoms with van der Waals surface area (Å²) in [6, 6.07) is 0. The summed E-state index contributed by atoms with van der Waals surface area (Å²) in [5.41, 5.74) is -0.625. The van der Waals surface area contributed by atoms with Crippen molar-refractivity contribution in [1.29, 1.82) is 0 Å². The van der Waals surface area contributed by atoms with E-state index in [-0.39, 0.29) is 6.61 Å². The highest BCUT2D eigenvalue weighted by molar-refractivity contribution is 5.74. The van der Waals surface area contributed by atoms with Gasteiger partial charge in [-0.1, -0.05) is 77.4 Å². The van der Waals surface area contributed by atoms with Crippen LogP contribution < -0.4 is 0 Å². The normalized spacial score (nSPS) is 14.0. The number of aliphatic hydroxyl groups is 1. The Balaban J connectivity index is 3.66. The Kier molecular flexibility index (Phi) is 17.0. The number of rotatable bonds is 19. The Labute approximate surface area is 162 Å². The van der Waals surface area contributed by atoms with E-state index in [1.54, 1.807) is 0 Å². The first-order valence-corrected chi connectivity index (χ1v) is 11.1. The molecule has 0 aliphatic rings. The number of allylic oxidation sites excluding steroid dienone is 2. The van der Waals surface area contributed by atoms with Gasteiger partial charge in [-0.25, -0.2) is 0 Å². The molecule has 0 rings (SSSR count). The number of hydrogen-bond donors (Lipinski definition) is 2. The van der Waals surface area contributed by atoms with Gasteiger partial charge in [-0.3, -0.25) is 4.79 Å². The molecule has 0 fully saturated rings. The van der Waals surface area contributed by atoms with Crippen LogP contribution in [0.5, 0.6) is 0 Å². The molecule has 1 atom stereocenters. The highest BCUT2D eigenvalue weighted by atomic mass is 16.4. The maximum atomic E-state index is 11.6. The van der Waals surface area contributed by atoms with E-state index in [0.29, 0.717) is 19.3 Å². The van der Waals surface area contributed by atoms with Crippen LogP contribution in [0.2, 0.25) is 0 Å². The maximum Gasteiger partial charge on any atom is 0.309 e. The van der Waals surface area contributed by atoms with Crippen LogP contribution in [0.3, 0.4) is 0 Å². The summed E-state index contributed by atoms with van der Waals surface area (Å²) in [5.74, 6) is -0.689. The van der Waals surface area contributed by atoms with Gasteiger partial charge in [0.05, 0.1) is 5.41 Å². The van der Waals surface area contributed by atoms with Crippen LogP contribution >= 0.6 is 0 Å². The molecule has 3 nitrogen and oxygen atoms in total. The summed E-state index contributed by atoms with van der Waals surface area (Å²) in [6.07, 6.45) is 22.2. The minimum atomic E-state index is -0.689. The number of carboxylic acids is 1. The number of aliphatic hydroxyl groups excluding tert-OH is 1. The van der Waals surface area contributed by atoms with Crippen molar-refractivity contribution in [3.63, 3.8) is 0 Å². The zero-order valence-corrected chi connectivity index (χ0v) is 17.5. The molecule has 0 saturated carbocycles. The molecule has 0 saturated heterocycles. The van der Waals surface area contributed by atoms with Gasteiger partial charge in [0.25, 0.3) is 0 Å². The van der Waals surface area contributed by atoms with E-state index in [2.05, 4.69) is 19.1 Å². The van der Waals surface area contributed by atoms with Gasteiger partial charge < -0.3 is 10.2 Å². The monoisotopic (exact) mass is 368 g/mol. The van der Waals surface area contributed by atoms with E-state index in [4.69, 9.17) is 5.11 Å². The van der Waals surface area contributed by atoms with Crippen molar-refractivity contribution in [1.82, 2.24) is 0 Å². The van der Waals surface area contributed by atoms with Gasteiger partial charge in [-0.2, -0.15) is 0 Å². The molecular weight excluding hydrogens is 324 g/mol. The number of unbranched alkanes of at least 4 members (excludes halogenated alkanes) is 10. The molecule has 2 N–H and O–H groups in total. The molecule has 0 aromatic rings. The molecule has 0 aliphatic carbocycles. The zero-order chi connectivity index (χ0) is 19.5. The fourth-order valence-electron chi connectivity index (χ4n) is 3.62. The highest BCUT2D eigenvalue weighted by Crippen LogP contribution is 2.34. The molecule has 0 bridgehead atoms. The molecule has 0 aromatic carbocycles. The summed E-state index contributed by atoms with van der Waals surface area (Å²) in [4.78, 5) is 11.6. The summed E-state index contributed by atoms with van der Waals surface area (Å²) >= 11 is 0. The van der Waals surface area contributed by atoms with Crippen LogP contribution in [0, 0.1) is 5.41 Å². The third kappa shape index (κ3) is 12.5. The van der Waals surface area contributed by atoms with Crippen LogP contribution in [0.1, 0.15) is 117 Å². The predicted molar refractivity (Wildman–Crippen MR) is 112 cm³/mol. The lowest BCUT2D eigenvalue weighted by Crippen LogP contribution is -2.30. The summed E-state index contributed by atoms with van der Waals surface area (Å²) in [6.45, 7) is 4.30. The lowest BCUT2D eigenvalue weighted by molar-refractivity contribution is -0.150. The van der Waals surface area contributed by atoms with E-state index < -0.39 is 11.4 Å². The second-order valence-electron chi connectivity index (χ2n) is 7.75. The van der Waals surface area contributed by atoms with Crippen molar-refractivity contribution in [2.24, 2.45) is 5.41 Å².